The van der Waals surface area contributed by atoms with Crippen molar-refractivity contribution >= 4 is 23.3 Å². The van der Waals surface area contributed by atoms with E-state index in [2.05, 4.69) is 70.2 Å². The van der Waals surface area contributed by atoms with Gasteiger partial charge in [0.15, 0.2) is 0 Å². The van der Waals surface area contributed by atoms with E-state index in [4.69, 9.17) is 5.73 Å². The normalized spacial score (nSPS) is 22.6. The van der Waals surface area contributed by atoms with Crippen molar-refractivity contribution in [3.63, 3.8) is 0 Å². The first-order valence-corrected chi connectivity index (χ1v) is 9.37. The van der Waals surface area contributed by atoms with E-state index in [1.807, 2.05) is 18.2 Å². The summed E-state index contributed by atoms with van der Waals surface area (Å²) in [6, 6.07) is 20.8. The molecule has 5 rings (SSSR count). The Balaban J connectivity index is 1.42. The van der Waals surface area contributed by atoms with Crippen LogP contribution < -0.4 is 16.4 Å². The highest BCUT2D eigenvalue weighted by molar-refractivity contribution is 5.77. The number of pyridine rings is 1. The second kappa shape index (κ2) is 6.25. The molecule has 4 N–H and O–H groups in total. The molecule has 2 heterocycles. The quantitative estimate of drug-likeness (QED) is 0.641. The number of rotatable bonds is 3. The molecule has 0 amide bonds. The standard InChI is InChI=1S/C23H22N4/c24-23(20-10-8-16-5-1-2-6-19(16)20)13-12-17-15-18(9-11-21(17)27-23)26-22-7-3-4-14-25-22/h1-7,9,11-15,20,27H,8,10,24H2,(H,25,26)/t20?,23-/m1/s1. The first-order chi connectivity index (χ1) is 13.2. The van der Waals surface area contributed by atoms with Gasteiger partial charge >= 0.3 is 0 Å². The fourth-order valence-corrected chi connectivity index (χ4v) is 4.24. The van der Waals surface area contributed by atoms with Crippen molar-refractivity contribution in [3.05, 3.63) is 89.6 Å². The van der Waals surface area contributed by atoms with Gasteiger partial charge in [0.25, 0.3) is 0 Å². The van der Waals surface area contributed by atoms with Crippen molar-refractivity contribution in [2.75, 3.05) is 10.6 Å². The number of fused-ring (bicyclic) bond motifs is 2. The number of nitrogens with two attached hydrogens (primary N) is 1. The number of nitrogens with zero attached hydrogens (tertiary/aromatic N) is 1. The lowest BCUT2D eigenvalue weighted by Crippen LogP contribution is -2.51. The molecule has 4 heteroatoms. The van der Waals surface area contributed by atoms with Crippen LogP contribution in [0.2, 0.25) is 0 Å². The van der Waals surface area contributed by atoms with Crippen LogP contribution in [-0.4, -0.2) is 10.6 Å². The summed E-state index contributed by atoms with van der Waals surface area (Å²) in [5.41, 5.74) is 12.3. The molecule has 1 unspecified atom stereocenters. The lowest BCUT2D eigenvalue weighted by atomic mass is 9.84. The highest BCUT2D eigenvalue weighted by atomic mass is 15.1. The van der Waals surface area contributed by atoms with Crippen molar-refractivity contribution < 1.29 is 0 Å². The minimum absolute atomic E-state index is 0.282. The molecule has 4 nitrogen and oxygen atoms in total. The molecule has 0 fully saturated rings. The van der Waals surface area contributed by atoms with Gasteiger partial charge in [0.1, 0.15) is 11.5 Å². The summed E-state index contributed by atoms with van der Waals surface area (Å²) in [4.78, 5) is 4.32. The van der Waals surface area contributed by atoms with Crippen LogP contribution in [0, 0.1) is 0 Å². The van der Waals surface area contributed by atoms with Crippen molar-refractivity contribution in [3.8, 4) is 0 Å². The number of aryl methyl sites for hydroxylation is 1. The zero-order chi connectivity index (χ0) is 18.3. The number of anilines is 3. The van der Waals surface area contributed by atoms with E-state index in [-0.39, 0.29) is 5.92 Å². The average Bonchev–Trinajstić information content (AvgIpc) is 3.14. The molecular formula is C23H22N4. The Morgan fingerprint density at radius 1 is 1.07 bits per heavy atom. The van der Waals surface area contributed by atoms with Gasteiger partial charge in [0.2, 0.25) is 0 Å². The maximum absolute atomic E-state index is 6.83. The maximum atomic E-state index is 6.83. The average molecular weight is 354 g/mol. The SMILES string of the molecule is N[C@]1(C2CCc3ccccc32)C=Cc2cc(Nc3ccccn3)ccc2N1. The number of nitrogens with one attached hydrogen (secondary N) is 2. The Hall–Kier alpha value is -3.11. The van der Waals surface area contributed by atoms with Gasteiger partial charge in [-0.2, -0.15) is 0 Å². The Kier molecular flexibility index (Phi) is 3.73. The van der Waals surface area contributed by atoms with E-state index in [9.17, 15) is 0 Å². The van der Waals surface area contributed by atoms with Crippen LogP contribution in [0.5, 0.6) is 0 Å². The predicted octanol–water partition coefficient (Wildman–Crippen LogP) is 4.65. The molecule has 134 valence electrons. The Bertz CT molecular complexity index is 1010. The largest absolute Gasteiger partial charge is 0.363 e. The van der Waals surface area contributed by atoms with Gasteiger partial charge in [-0.15, -0.1) is 0 Å². The van der Waals surface area contributed by atoms with E-state index < -0.39 is 5.66 Å². The Morgan fingerprint density at radius 3 is 2.85 bits per heavy atom. The minimum atomic E-state index is -0.560. The summed E-state index contributed by atoms with van der Waals surface area (Å²) in [6.07, 6.45) is 8.20. The Labute approximate surface area is 159 Å². The van der Waals surface area contributed by atoms with Gasteiger partial charge < -0.3 is 16.4 Å². The van der Waals surface area contributed by atoms with Crippen molar-refractivity contribution in [2.24, 2.45) is 5.73 Å². The van der Waals surface area contributed by atoms with Gasteiger partial charge in [-0.05, 0) is 65.9 Å². The third kappa shape index (κ3) is 2.88. The highest BCUT2D eigenvalue weighted by Crippen LogP contribution is 2.43. The lowest BCUT2D eigenvalue weighted by molar-refractivity contribution is 0.468. The molecule has 1 aliphatic heterocycles. The summed E-state index contributed by atoms with van der Waals surface area (Å²) >= 11 is 0. The zero-order valence-corrected chi connectivity index (χ0v) is 15.0. The number of aromatic nitrogens is 1. The zero-order valence-electron chi connectivity index (χ0n) is 15.0. The van der Waals surface area contributed by atoms with Crippen molar-refractivity contribution in [1.29, 1.82) is 0 Å². The molecule has 27 heavy (non-hydrogen) atoms. The summed E-state index contributed by atoms with van der Waals surface area (Å²) in [5, 5.41) is 6.93. The van der Waals surface area contributed by atoms with E-state index in [1.165, 1.54) is 11.1 Å². The summed E-state index contributed by atoms with van der Waals surface area (Å²) in [6.45, 7) is 0. The van der Waals surface area contributed by atoms with E-state index in [0.717, 1.165) is 35.6 Å². The number of hydrogen-bond donors (Lipinski definition) is 3. The fraction of sp³-hybridized carbons (Fsp3) is 0.174. The van der Waals surface area contributed by atoms with Gasteiger partial charge in [-0.25, -0.2) is 4.98 Å². The highest BCUT2D eigenvalue weighted by Gasteiger charge is 2.39. The topological polar surface area (TPSA) is 63.0 Å². The second-order valence-electron chi connectivity index (χ2n) is 7.32. The van der Waals surface area contributed by atoms with Crippen LogP contribution in [0.1, 0.15) is 29.0 Å². The van der Waals surface area contributed by atoms with Crippen molar-refractivity contribution in [1.82, 2.24) is 4.98 Å². The molecule has 0 spiro atoms. The van der Waals surface area contributed by atoms with Crippen LogP contribution in [0.25, 0.3) is 6.08 Å². The molecule has 2 aromatic carbocycles. The van der Waals surface area contributed by atoms with Gasteiger partial charge in [0, 0.05) is 23.5 Å². The molecule has 0 saturated heterocycles. The summed E-state index contributed by atoms with van der Waals surface area (Å²) in [7, 11) is 0. The molecular weight excluding hydrogens is 332 g/mol. The predicted molar refractivity (Wildman–Crippen MR) is 111 cm³/mol. The van der Waals surface area contributed by atoms with E-state index in [1.54, 1.807) is 6.20 Å². The van der Waals surface area contributed by atoms with Crippen LogP contribution in [0.15, 0.2) is 72.9 Å². The number of hydrogen-bond acceptors (Lipinski definition) is 4. The van der Waals surface area contributed by atoms with Gasteiger partial charge in [0.05, 0.1) is 0 Å². The van der Waals surface area contributed by atoms with Crippen molar-refractivity contribution in [2.45, 2.75) is 24.4 Å². The monoisotopic (exact) mass is 354 g/mol. The fourth-order valence-electron chi connectivity index (χ4n) is 4.24. The van der Waals surface area contributed by atoms with Crippen LogP contribution in [0.4, 0.5) is 17.2 Å². The third-order valence-corrected chi connectivity index (χ3v) is 5.59. The van der Waals surface area contributed by atoms with Crippen LogP contribution in [-0.2, 0) is 6.42 Å². The smallest absolute Gasteiger partial charge is 0.130 e. The summed E-state index contributed by atoms with van der Waals surface area (Å²) in [5.74, 6) is 1.12. The lowest BCUT2D eigenvalue weighted by Gasteiger charge is -2.38. The van der Waals surface area contributed by atoms with E-state index >= 15 is 0 Å². The van der Waals surface area contributed by atoms with Gasteiger partial charge in [-0.1, -0.05) is 36.4 Å². The minimum Gasteiger partial charge on any atom is -0.363 e. The maximum Gasteiger partial charge on any atom is 0.130 e. The van der Waals surface area contributed by atoms with Crippen LogP contribution >= 0.6 is 0 Å². The molecule has 2 atom stereocenters. The second-order valence-corrected chi connectivity index (χ2v) is 7.32. The third-order valence-electron chi connectivity index (χ3n) is 5.59. The molecule has 2 aliphatic rings. The molecule has 0 saturated carbocycles. The molecule has 1 aromatic heterocycles. The van der Waals surface area contributed by atoms with Gasteiger partial charge in [-0.3, -0.25) is 0 Å². The molecule has 0 bridgehead atoms. The molecule has 0 radical (unpaired) electrons. The summed E-state index contributed by atoms with van der Waals surface area (Å²) < 4.78 is 0. The Morgan fingerprint density at radius 2 is 1.96 bits per heavy atom. The first-order valence-electron chi connectivity index (χ1n) is 9.37. The number of benzene rings is 2. The molecule has 1 aliphatic carbocycles. The first kappa shape index (κ1) is 16.1. The molecule has 3 aromatic rings. The van der Waals surface area contributed by atoms with Crippen LogP contribution in [0.3, 0.4) is 0 Å². The van der Waals surface area contributed by atoms with E-state index in [0.29, 0.717) is 0 Å².